The van der Waals surface area contributed by atoms with Crippen LogP contribution in [0.15, 0.2) is 60.8 Å². The van der Waals surface area contributed by atoms with Gasteiger partial charge in [-0.3, -0.25) is 4.79 Å². The number of fused-ring (bicyclic) bond motifs is 1. The number of aromatic nitrogens is 1. The Morgan fingerprint density at radius 3 is 2.60 bits per heavy atom. The maximum Gasteiger partial charge on any atom is 0.156 e. The van der Waals surface area contributed by atoms with Gasteiger partial charge in [0.15, 0.2) is 5.78 Å². The van der Waals surface area contributed by atoms with Gasteiger partial charge in [-0.2, -0.15) is 0 Å². The number of benzene rings is 2. The van der Waals surface area contributed by atoms with E-state index >= 15 is 0 Å². The van der Waals surface area contributed by atoms with Crippen molar-refractivity contribution < 1.29 is 4.79 Å². The Hall–Kier alpha value is -2.06. The molecule has 0 aliphatic rings. The van der Waals surface area contributed by atoms with E-state index in [-0.39, 0.29) is 5.78 Å². The van der Waals surface area contributed by atoms with Gasteiger partial charge in [0.05, 0.1) is 6.54 Å². The summed E-state index contributed by atoms with van der Waals surface area (Å²) in [5.74, 6) is 0.189. The molecule has 3 heteroatoms. The van der Waals surface area contributed by atoms with E-state index in [4.69, 9.17) is 11.6 Å². The van der Waals surface area contributed by atoms with Crippen LogP contribution in [0.2, 0.25) is 5.02 Å². The van der Waals surface area contributed by atoms with E-state index in [1.54, 1.807) is 0 Å². The fourth-order valence-electron chi connectivity index (χ4n) is 2.39. The molecule has 0 atom stereocenters. The highest BCUT2D eigenvalue weighted by atomic mass is 35.5. The molecule has 0 bridgehead atoms. The molecule has 0 aliphatic carbocycles. The minimum absolute atomic E-state index is 0.189. The minimum Gasteiger partial charge on any atom is -0.340 e. The lowest BCUT2D eigenvalue weighted by Gasteiger charge is -2.05. The second kappa shape index (κ2) is 5.51. The molecule has 3 aromatic rings. The second-order valence-corrected chi connectivity index (χ2v) is 5.22. The van der Waals surface area contributed by atoms with Crippen LogP contribution in [0, 0.1) is 0 Å². The van der Waals surface area contributed by atoms with Crippen molar-refractivity contribution in [1.29, 1.82) is 0 Å². The summed E-state index contributed by atoms with van der Waals surface area (Å²) in [4.78, 5) is 12.2. The molecule has 0 radical (unpaired) electrons. The highest BCUT2D eigenvalue weighted by Gasteiger charge is 2.08. The molecule has 0 spiro atoms. The molecule has 3 rings (SSSR count). The number of hydrogen-bond donors (Lipinski definition) is 0. The molecule has 0 amide bonds. The first-order chi connectivity index (χ1) is 9.74. The third-order valence-electron chi connectivity index (χ3n) is 3.35. The fraction of sp³-hybridized carbons (Fsp3) is 0.118. The van der Waals surface area contributed by atoms with Crippen molar-refractivity contribution in [3.63, 3.8) is 0 Å². The lowest BCUT2D eigenvalue weighted by Crippen LogP contribution is -2.11. The summed E-state index contributed by atoms with van der Waals surface area (Å²) in [6, 6.07) is 17.5. The average Bonchev–Trinajstić information content (AvgIpc) is 2.84. The maximum absolute atomic E-state index is 12.2. The van der Waals surface area contributed by atoms with Gasteiger partial charge in [-0.05, 0) is 23.8 Å². The van der Waals surface area contributed by atoms with Crippen LogP contribution >= 0.6 is 11.6 Å². The normalized spacial score (nSPS) is 10.8. The number of hydrogen-bond acceptors (Lipinski definition) is 1. The quantitative estimate of drug-likeness (QED) is 0.706. The molecule has 100 valence electrons. The van der Waals surface area contributed by atoms with E-state index < -0.39 is 0 Å². The molecule has 0 saturated carbocycles. The first-order valence-corrected chi connectivity index (χ1v) is 6.91. The Kier molecular flexibility index (Phi) is 3.57. The Bertz CT molecular complexity index is 746. The van der Waals surface area contributed by atoms with Gasteiger partial charge in [0.2, 0.25) is 0 Å². The van der Waals surface area contributed by atoms with Crippen molar-refractivity contribution in [3.05, 3.63) is 71.4 Å². The van der Waals surface area contributed by atoms with E-state index in [0.717, 1.165) is 21.5 Å². The second-order valence-electron chi connectivity index (χ2n) is 4.82. The summed E-state index contributed by atoms with van der Waals surface area (Å²) >= 11 is 6.14. The van der Waals surface area contributed by atoms with Crippen LogP contribution in [-0.2, 0) is 17.8 Å². The Balaban J connectivity index is 1.80. The van der Waals surface area contributed by atoms with E-state index in [9.17, 15) is 4.79 Å². The highest BCUT2D eigenvalue weighted by Crippen LogP contribution is 2.24. The molecule has 0 fully saturated rings. The van der Waals surface area contributed by atoms with Crippen molar-refractivity contribution >= 4 is 28.3 Å². The number of rotatable bonds is 4. The smallest absolute Gasteiger partial charge is 0.156 e. The summed E-state index contributed by atoms with van der Waals surface area (Å²) in [7, 11) is 0. The lowest BCUT2D eigenvalue weighted by atomic mass is 10.1. The predicted octanol–water partition coefficient (Wildman–Crippen LogP) is 4.11. The van der Waals surface area contributed by atoms with Crippen LogP contribution in [0.5, 0.6) is 0 Å². The summed E-state index contributed by atoms with van der Waals surface area (Å²) in [6.45, 7) is 0.374. The summed E-state index contributed by atoms with van der Waals surface area (Å²) in [6.07, 6.45) is 2.38. The highest BCUT2D eigenvalue weighted by molar-refractivity contribution is 6.35. The van der Waals surface area contributed by atoms with Gasteiger partial charge in [0.25, 0.3) is 0 Å². The van der Waals surface area contributed by atoms with E-state index in [1.165, 1.54) is 0 Å². The molecular formula is C17H14ClNO. The SMILES string of the molecule is O=C(Cc1ccccc1)Cn1ccc2c(Cl)cccc21. The van der Waals surface area contributed by atoms with Gasteiger partial charge in [-0.15, -0.1) is 0 Å². The third kappa shape index (κ3) is 2.61. The average molecular weight is 284 g/mol. The number of carbonyl (C=O) groups excluding carboxylic acids is 1. The largest absolute Gasteiger partial charge is 0.340 e. The number of nitrogens with zero attached hydrogens (tertiary/aromatic N) is 1. The number of halogens is 1. The molecule has 2 nitrogen and oxygen atoms in total. The maximum atomic E-state index is 12.2. The zero-order valence-electron chi connectivity index (χ0n) is 10.9. The van der Waals surface area contributed by atoms with Crippen molar-refractivity contribution in [2.75, 3.05) is 0 Å². The molecule has 0 aliphatic heterocycles. The molecule has 2 aromatic carbocycles. The van der Waals surface area contributed by atoms with Gasteiger partial charge >= 0.3 is 0 Å². The minimum atomic E-state index is 0.189. The summed E-state index contributed by atoms with van der Waals surface area (Å²) in [5, 5.41) is 1.71. The van der Waals surface area contributed by atoms with Crippen LogP contribution in [0.4, 0.5) is 0 Å². The third-order valence-corrected chi connectivity index (χ3v) is 3.68. The fourth-order valence-corrected chi connectivity index (χ4v) is 2.63. The molecular weight excluding hydrogens is 270 g/mol. The van der Waals surface area contributed by atoms with E-state index in [2.05, 4.69) is 0 Å². The van der Waals surface area contributed by atoms with Crippen LogP contribution in [0.1, 0.15) is 5.56 Å². The summed E-state index contributed by atoms with van der Waals surface area (Å²) in [5.41, 5.74) is 2.05. The standard InChI is InChI=1S/C17H14ClNO/c18-16-7-4-8-17-15(16)9-10-19(17)12-14(20)11-13-5-2-1-3-6-13/h1-10H,11-12H2. The summed E-state index contributed by atoms with van der Waals surface area (Å²) < 4.78 is 1.95. The number of carbonyl (C=O) groups is 1. The van der Waals surface area contributed by atoms with Gasteiger partial charge < -0.3 is 4.57 Å². The van der Waals surface area contributed by atoms with Crippen molar-refractivity contribution in [1.82, 2.24) is 4.57 Å². The van der Waals surface area contributed by atoms with E-state index in [0.29, 0.717) is 13.0 Å². The van der Waals surface area contributed by atoms with Gasteiger partial charge in [-0.25, -0.2) is 0 Å². The van der Waals surface area contributed by atoms with Gasteiger partial charge in [0, 0.05) is 28.5 Å². The number of Topliss-reactive ketones (excluding diaryl/α,β-unsaturated/α-hetero) is 1. The van der Waals surface area contributed by atoms with Crippen molar-refractivity contribution in [2.24, 2.45) is 0 Å². The first kappa shape index (κ1) is 12.9. The van der Waals surface area contributed by atoms with Crippen LogP contribution in [-0.4, -0.2) is 10.4 Å². The number of ketones is 1. The zero-order valence-corrected chi connectivity index (χ0v) is 11.7. The molecule has 1 aromatic heterocycles. The molecule has 20 heavy (non-hydrogen) atoms. The van der Waals surface area contributed by atoms with Crippen molar-refractivity contribution in [2.45, 2.75) is 13.0 Å². The predicted molar refractivity (Wildman–Crippen MR) is 82.1 cm³/mol. The molecule has 1 heterocycles. The van der Waals surface area contributed by atoms with Crippen LogP contribution < -0.4 is 0 Å². The Morgan fingerprint density at radius 2 is 1.80 bits per heavy atom. The molecule has 0 N–H and O–H groups in total. The monoisotopic (exact) mass is 283 g/mol. The van der Waals surface area contributed by atoms with E-state index in [1.807, 2.05) is 65.4 Å². The molecule has 0 unspecified atom stereocenters. The zero-order chi connectivity index (χ0) is 13.9. The van der Waals surface area contributed by atoms with Crippen molar-refractivity contribution in [3.8, 4) is 0 Å². The topological polar surface area (TPSA) is 22.0 Å². The molecule has 0 saturated heterocycles. The van der Waals surface area contributed by atoms with Gasteiger partial charge in [-0.1, -0.05) is 48.0 Å². The lowest BCUT2D eigenvalue weighted by molar-refractivity contribution is -0.118. The van der Waals surface area contributed by atoms with Crippen LogP contribution in [0.25, 0.3) is 10.9 Å². The van der Waals surface area contributed by atoms with Gasteiger partial charge in [0.1, 0.15) is 0 Å². The Labute approximate surface area is 122 Å². The van der Waals surface area contributed by atoms with Crippen LogP contribution in [0.3, 0.4) is 0 Å². The first-order valence-electron chi connectivity index (χ1n) is 6.53. The Morgan fingerprint density at radius 1 is 1.00 bits per heavy atom.